The van der Waals surface area contributed by atoms with Crippen LogP contribution in [0.2, 0.25) is 0 Å². The highest BCUT2D eigenvalue weighted by Gasteiger charge is 2.20. The third-order valence-electron chi connectivity index (χ3n) is 3.08. The molecule has 0 atom stereocenters. The molecule has 0 radical (unpaired) electrons. The molecule has 0 aliphatic rings. The summed E-state index contributed by atoms with van der Waals surface area (Å²) in [6.07, 6.45) is 1.74. The molecule has 110 valence electrons. The highest BCUT2D eigenvalue weighted by atomic mass is 32.2. The number of rotatable bonds is 6. The zero-order chi connectivity index (χ0) is 15.3. The van der Waals surface area contributed by atoms with Crippen LogP contribution < -0.4 is 9.62 Å². The molecule has 2 rings (SSSR count). The van der Waals surface area contributed by atoms with E-state index in [1.54, 1.807) is 49.5 Å². The van der Waals surface area contributed by atoms with Crippen LogP contribution in [-0.4, -0.2) is 22.0 Å². The van der Waals surface area contributed by atoms with Crippen LogP contribution in [0.4, 0.5) is 11.4 Å². The summed E-state index contributed by atoms with van der Waals surface area (Å²) < 4.78 is 26.4. The second kappa shape index (κ2) is 6.45. The molecule has 0 saturated carbocycles. The first-order valence-electron chi connectivity index (χ1n) is 6.54. The minimum atomic E-state index is -3.54. The van der Waals surface area contributed by atoms with Crippen molar-refractivity contribution in [3.63, 3.8) is 0 Å². The van der Waals surface area contributed by atoms with E-state index in [-0.39, 0.29) is 4.90 Å². The summed E-state index contributed by atoms with van der Waals surface area (Å²) >= 11 is 0. The number of nitrogens with one attached hydrogen (secondary N) is 1. The Labute approximate surface area is 125 Å². The molecule has 21 heavy (non-hydrogen) atoms. The molecule has 4 nitrogen and oxygen atoms in total. The van der Waals surface area contributed by atoms with Crippen LogP contribution in [0.1, 0.15) is 0 Å². The van der Waals surface area contributed by atoms with Gasteiger partial charge in [0.2, 0.25) is 0 Å². The number of sulfonamides is 1. The summed E-state index contributed by atoms with van der Waals surface area (Å²) in [4.78, 5) is 0.262. The van der Waals surface area contributed by atoms with E-state index in [0.29, 0.717) is 12.2 Å². The third kappa shape index (κ3) is 3.44. The minimum absolute atomic E-state index is 0.262. The lowest BCUT2D eigenvalue weighted by atomic mass is 10.3. The van der Waals surface area contributed by atoms with Gasteiger partial charge in [0.05, 0.1) is 10.6 Å². The van der Waals surface area contributed by atoms with E-state index < -0.39 is 10.0 Å². The summed E-state index contributed by atoms with van der Waals surface area (Å²) in [6, 6.07) is 15.7. The molecule has 0 aromatic heterocycles. The minimum Gasteiger partial charge on any atom is -0.382 e. The van der Waals surface area contributed by atoms with Crippen molar-refractivity contribution in [3.8, 4) is 0 Å². The van der Waals surface area contributed by atoms with E-state index in [1.165, 1.54) is 4.31 Å². The second-order valence-corrected chi connectivity index (χ2v) is 6.47. The monoisotopic (exact) mass is 302 g/mol. The molecule has 0 aliphatic heterocycles. The van der Waals surface area contributed by atoms with Crippen molar-refractivity contribution < 1.29 is 8.42 Å². The fraction of sp³-hybridized carbons (Fsp3) is 0.125. The molecule has 0 bridgehead atoms. The number of benzene rings is 2. The van der Waals surface area contributed by atoms with Crippen molar-refractivity contribution >= 4 is 21.4 Å². The summed E-state index contributed by atoms with van der Waals surface area (Å²) in [6.45, 7) is 4.26. The first-order valence-corrected chi connectivity index (χ1v) is 7.98. The SMILES string of the molecule is C=CCNc1ccc(S(=O)(=O)N(C)c2ccccc2)cc1. The van der Waals surface area contributed by atoms with Crippen LogP contribution in [0.25, 0.3) is 0 Å². The van der Waals surface area contributed by atoms with Crippen molar-refractivity contribution in [2.24, 2.45) is 0 Å². The van der Waals surface area contributed by atoms with Gasteiger partial charge in [-0.05, 0) is 36.4 Å². The predicted octanol–water partition coefficient (Wildman–Crippen LogP) is 3.11. The van der Waals surface area contributed by atoms with Gasteiger partial charge >= 0.3 is 0 Å². The lowest BCUT2D eigenvalue weighted by Gasteiger charge is -2.19. The van der Waals surface area contributed by atoms with Crippen molar-refractivity contribution in [1.82, 2.24) is 0 Å². The Morgan fingerprint density at radius 1 is 1.10 bits per heavy atom. The fourth-order valence-electron chi connectivity index (χ4n) is 1.87. The Balaban J connectivity index is 2.25. The van der Waals surface area contributed by atoms with Crippen molar-refractivity contribution in [2.75, 3.05) is 23.2 Å². The normalized spacial score (nSPS) is 10.9. The molecular weight excluding hydrogens is 284 g/mol. The molecule has 0 saturated heterocycles. The maximum atomic E-state index is 12.5. The molecular formula is C16H18N2O2S. The van der Waals surface area contributed by atoms with E-state index in [2.05, 4.69) is 11.9 Å². The Kier molecular flexibility index (Phi) is 4.65. The molecule has 1 N–H and O–H groups in total. The average molecular weight is 302 g/mol. The quantitative estimate of drug-likeness (QED) is 0.834. The molecule has 0 spiro atoms. The standard InChI is InChI=1S/C16H18N2O2S/c1-3-13-17-14-9-11-16(12-10-14)21(19,20)18(2)15-7-5-4-6-8-15/h3-12,17H,1,13H2,2H3. The third-order valence-corrected chi connectivity index (χ3v) is 4.88. The van der Waals surface area contributed by atoms with E-state index in [4.69, 9.17) is 0 Å². The van der Waals surface area contributed by atoms with Gasteiger partial charge in [-0.15, -0.1) is 6.58 Å². The van der Waals surface area contributed by atoms with Crippen LogP contribution in [-0.2, 0) is 10.0 Å². The Morgan fingerprint density at radius 3 is 2.29 bits per heavy atom. The summed E-state index contributed by atoms with van der Waals surface area (Å²) in [5, 5.41) is 3.11. The van der Waals surface area contributed by atoms with E-state index in [0.717, 1.165) is 5.69 Å². The maximum Gasteiger partial charge on any atom is 0.264 e. The number of anilines is 2. The number of para-hydroxylation sites is 1. The highest BCUT2D eigenvalue weighted by Crippen LogP contribution is 2.22. The lowest BCUT2D eigenvalue weighted by Crippen LogP contribution is -2.26. The Bertz CT molecular complexity index is 695. The summed E-state index contributed by atoms with van der Waals surface area (Å²) in [5.41, 5.74) is 1.49. The molecule has 0 amide bonds. The average Bonchev–Trinajstić information content (AvgIpc) is 2.53. The van der Waals surface area contributed by atoms with Crippen molar-refractivity contribution in [2.45, 2.75) is 4.90 Å². The van der Waals surface area contributed by atoms with Gasteiger partial charge in [0, 0.05) is 19.3 Å². The van der Waals surface area contributed by atoms with Gasteiger partial charge in [-0.2, -0.15) is 0 Å². The molecule has 0 heterocycles. The molecule has 0 fully saturated rings. The highest BCUT2D eigenvalue weighted by molar-refractivity contribution is 7.92. The fourth-order valence-corrected chi connectivity index (χ4v) is 3.07. The number of hydrogen-bond acceptors (Lipinski definition) is 3. The topological polar surface area (TPSA) is 49.4 Å². The van der Waals surface area contributed by atoms with Gasteiger partial charge in [0.25, 0.3) is 10.0 Å². The van der Waals surface area contributed by atoms with Gasteiger partial charge in [0.15, 0.2) is 0 Å². The predicted molar refractivity (Wildman–Crippen MR) is 87.2 cm³/mol. The molecule has 0 unspecified atom stereocenters. The summed E-state index contributed by atoms with van der Waals surface area (Å²) in [5.74, 6) is 0. The first kappa shape index (κ1) is 15.1. The van der Waals surface area contributed by atoms with Gasteiger partial charge in [-0.3, -0.25) is 4.31 Å². The van der Waals surface area contributed by atoms with Gasteiger partial charge in [0.1, 0.15) is 0 Å². The summed E-state index contributed by atoms with van der Waals surface area (Å²) in [7, 11) is -1.99. The maximum absolute atomic E-state index is 12.5. The van der Waals surface area contributed by atoms with Gasteiger partial charge < -0.3 is 5.32 Å². The van der Waals surface area contributed by atoms with E-state index in [1.807, 2.05) is 18.2 Å². The lowest BCUT2D eigenvalue weighted by molar-refractivity contribution is 0.594. The van der Waals surface area contributed by atoms with Crippen LogP contribution >= 0.6 is 0 Å². The van der Waals surface area contributed by atoms with Gasteiger partial charge in [-0.25, -0.2) is 8.42 Å². The van der Waals surface area contributed by atoms with Crippen LogP contribution in [0.15, 0.2) is 72.1 Å². The first-order chi connectivity index (χ1) is 10.1. The molecule has 2 aromatic carbocycles. The molecule has 0 aliphatic carbocycles. The van der Waals surface area contributed by atoms with Crippen molar-refractivity contribution in [3.05, 3.63) is 67.3 Å². The van der Waals surface area contributed by atoms with E-state index >= 15 is 0 Å². The van der Waals surface area contributed by atoms with Crippen LogP contribution in [0.5, 0.6) is 0 Å². The largest absolute Gasteiger partial charge is 0.382 e. The Morgan fingerprint density at radius 2 is 1.71 bits per heavy atom. The van der Waals surface area contributed by atoms with Crippen LogP contribution in [0, 0.1) is 0 Å². The number of nitrogens with zero attached hydrogens (tertiary/aromatic N) is 1. The molecule has 2 aromatic rings. The van der Waals surface area contributed by atoms with Crippen molar-refractivity contribution in [1.29, 1.82) is 0 Å². The van der Waals surface area contributed by atoms with E-state index in [9.17, 15) is 8.42 Å². The zero-order valence-electron chi connectivity index (χ0n) is 11.9. The smallest absolute Gasteiger partial charge is 0.264 e. The van der Waals surface area contributed by atoms with Gasteiger partial charge in [-0.1, -0.05) is 24.3 Å². The number of hydrogen-bond donors (Lipinski definition) is 1. The zero-order valence-corrected chi connectivity index (χ0v) is 12.7. The van der Waals surface area contributed by atoms with Crippen LogP contribution in [0.3, 0.4) is 0 Å². The second-order valence-electron chi connectivity index (χ2n) is 4.50. The Hall–Kier alpha value is -2.27. The molecule has 5 heteroatoms.